The molecule has 2 rings (SSSR count). The predicted molar refractivity (Wildman–Crippen MR) is 71.9 cm³/mol. The highest BCUT2D eigenvalue weighted by atomic mass is 16.4. The van der Waals surface area contributed by atoms with Gasteiger partial charge in [0, 0.05) is 25.7 Å². The molecule has 0 aromatic heterocycles. The number of nitrogens with zero attached hydrogens (tertiary/aromatic N) is 3. The Bertz CT molecular complexity index is 441. The van der Waals surface area contributed by atoms with Crippen LogP contribution < -0.4 is 0 Å². The number of nitriles is 1. The number of urea groups is 1. The van der Waals surface area contributed by atoms with Crippen LogP contribution in [-0.2, 0) is 4.79 Å². The first-order valence-electron chi connectivity index (χ1n) is 7.14. The van der Waals surface area contributed by atoms with Crippen LogP contribution >= 0.6 is 0 Å². The van der Waals surface area contributed by atoms with Crippen molar-refractivity contribution in [2.45, 2.75) is 45.1 Å². The zero-order chi connectivity index (χ0) is 14.8. The molecule has 0 spiro atoms. The lowest BCUT2D eigenvalue weighted by Crippen LogP contribution is -2.53. The zero-order valence-corrected chi connectivity index (χ0v) is 11.8. The second-order valence-electron chi connectivity index (χ2n) is 6.01. The van der Waals surface area contributed by atoms with E-state index >= 15 is 0 Å². The maximum absolute atomic E-state index is 12.5. The number of likely N-dealkylation sites (tertiary alicyclic amines) is 1. The van der Waals surface area contributed by atoms with E-state index in [1.165, 1.54) is 0 Å². The van der Waals surface area contributed by atoms with Gasteiger partial charge in [-0.15, -0.1) is 0 Å². The number of carbonyl (C=O) groups excluding carboxylic acids is 1. The third kappa shape index (κ3) is 3.03. The standard InChI is InChI=1S/C14H21N3O3/c1-14(12(18)19)6-2-8-16(10-14)13(20)17(9-3-7-15)11-4-5-11/h11H,2-6,8-10H2,1H3,(H,18,19). The number of piperidine rings is 1. The second-order valence-corrected chi connectivity index (χ2v) is 6.01. The van der Waals surface area contributed by atoms with E-state index in [0.717, 1.165) is 12.8 Å². The Morgan fingerprint density at radius 2 is 2.20 bits per heavy atom. The lowest BCUT2D eigenvalue weighted by molar-refractivity contribution is -0.150. The SMILES string of the molecule is CC1(C(=O)O)CCCN(C(=O)N(CCC#N)C2CC2)C1. The first-order chi connectivity index (χ1) is 9.48. The summed E-state index contributed by atoms with van der Waals surface area (Å²) in [5.74, 6) is -0.843. The Labute approximate surface area is 119 Å². The van der Waals surface area contributed by atoms with Gasteiger partial charge < -0.3 is 14.9 Å². The Morgan fingerprint density at radius 3 is 2.75 bits per heavy atom. The lowest BCUT2D eigenvalue weighted by Gasteiger charge is -2.39. The van der Waals surface area contributed by atoms with Gasteiger partial charge in [0.05, 0.1) is 17.9 Å². The molecule has 0 radical (unpaired) electrons. The molecule has 0 aromatic rings. The molecule has 1 N–H and O–H groups in total. The van der Waals surface area contributed by atoms with Gasteiger partial charge in [-0.2, -0.15) is 5.26 Å². The van der Waals surface area contributed by atoms with Crippen LogP contribution in [0.15, 0.2) is 0 Å². The molecule has 1 saturated heterocycles. The lowest BCUT2D eigenvalue weighted by atomic mass is 9.82. The molecule has 1 aliphatic carbocycles. The van der Waals surface area contributed by atoms with Crippen molar-refractivity contribution in [2.75, 3.05) is 19.6 Å². The molecule has 2 fully saturated rings. The second kappa shape index (κ2) is 5.70. The number of carboxylic acid groups (broad SMARTS) is 1. The smallest absolute Gasteiger partial charge is 0.320 e. The summed E-state index contributed by atoms with van der Waals surface area (Å²) in [4.78, 5) is 27.3. The summed E-state index contributed by atoms with van der Waals surface area (Å²) in [5.41, 5.74) is -0.849. The fourth-order valence-electron chi connectivity index (χ4n) is 2.75. The van der Waals surface area contributed by atoms with Crippen LogP contribution in [0.25, 0.3) is 0 Å². The molecule has 0 bridgehead atoms. The number of aliphatic carboxylic acids is 1. The maximum atomic E-state index is 12.5. The fourth-order valence-corrected chi connectivity index (χ4v) is 2.75. The van der Waals surface area contributed by atoms with E-state index in [1.807, 2.05) is 0 Å². The van der Waals surface area contributed by atoms with Crippen molar-refractivity contribution < 1.29 is 14.7 Å². The monoisotopic (exact) mass is 279 g/mol. The van der Waals surface area contributed by atoms with Gasteiger partial charge in [0.15, 0.2) is 0 Å². The molecule has 1 atom stereocenters. The zero-order valence-electron chi connectivity index (χ0n) is 11.8. The minimum absolute atomic E-state index is 0.102. The van der Waals surface area contributed by atoms with Crippen LogP contribution in [0.5, 0.6) is 0 Å². The number of amides is 2. The average Bonchev–Trinajstić information content (AvgIpc) is 3.23. The minimum Gasteiger partial charge on any atom is -0.481 e. The van der Waals surface area contributed by atoms with Gasteiger partial charge in [-0.1, -0.05) is 0 Å². The third-order valence-corrected chi connectivity index (χ3v) is 4.18. The highest BCUT2D eigenvalue weighted by Crippen LogP contribution is 2.33. The first-order valence-corrected chi connectivity index (χ1v) is 7.14. The molecule has 20 heavy (non-hydrogen) atoms. The molecular weight excluding hydrogens is 258 g/mol. The topological polar surface area (TPSA) is 84.6 Å². The van der Waals surface area contributed by atoms with E-state index in [0.29, 0.717) is 32.4 Å². The van der Waals surface area contributed by atoms with Crippen molar-refractivity contribution in [3.05, 3.63) is 0 Å². The Morgan fingerprint density at radius 1 is 1.50 bits per heavy atom. The molecule has 1 saturated carbocycles. The number of carbonyl (C=O) groups is 2. The number of rotatable bonds is 4. The van der Waals surface area contributed by atoms with E-state index in [9.17, 15) is 14.7 Å². The van der Waals surface area contributed by atoms with Crippen LogP contribution in [0.3, 0.4) is 0 Å². The molecule has 2 amide bonds. The minimum atomic E-state index is -0.849. The van der Waals surface area contributed by atoms with Gasteiger partial charge in [-0.05, 0) is 32.6 Å². The summed E-state index contributed by atoms with van der Waals surface area (Å²) in [6.07, 6.45) is 3.62. The molecule has 0 aromatic carbocycles. The largest absolute Gasteiger partial charge is 0.481 e. The Kier molecular flexibility index (Phi) is 4.17. The van der Waals surface area contributed by atoms with Gasteiger partial charge in [0.25, 0.3) is 0 Å². The molecule has 6 nitrogen and oxygen atoms in total. The maximum Gasteiger partial charge on any atom is 0.320 e. The summed E-state index contributed by atoms with van der Waals surface area (Å²) >= 11 is 0. The van der Waals surface area contributed by atoms with E-state index < -0.39 is 11.4 Å². The average molecular weight is 279 g/mol. The van der Waals surface area contributed by atoms with Crippen LogP contribution in [0.4, 0.5) is 4.79 Å². The molecule has 1 aliphatic heterocycles. The molecule has 1 unspecified atom stereocenters. The summed E-state index contributed by atoms with van der Waals surface area (Å²) in [6.45, 7) is 3.01. The van der Waals surface area contributed by atoms with Crippen LogP contribution in [-0.4, -0.2) is 52.6 Å². The molecule has 2 aliphatic rings. The van der Waals surface area contributed by atoms with Crippen molar-refractivity contribution in [1.29, 1.82) is 5.26 Å². The number of hydrogen-bond donors (Lipinski definition) is 1. The van der Waals surface area contributed by atoms with Crippen molar-refractivity contribution in [2.24, 2.45) is 5.41 Å². The quantitative estimate of drug-likeness (QED) is 0.848. The molecular formula is C14H21N3O3. The van der Waals surface area contributed by atoms with Crippen LogP contribution in [0.1, 0.15) is 39.0 Å². The fraction of sp³-hybridized carbons (Fsp3) is 0.786. The van der Waals surface area contributed by atoms with Gasteiger partial charge in [-0.3, -0.25) is 4.79 Å². The predicted octanol–water partition coefficient (Wildman–Crippen LogP) is 1.67. The summed E-state index contributed by atoms with van der Waals surface area (Å²) in [6, 6.07) is 2.21. The van der Waals surface area contributed by atoms with Gasteiger partial charge in [-0.25, -0.2) is 4.79 Å². The van der Waals surface area contributed by atoms with Gasteiger partial charge >= 0.3 is 12.0 Å². The molecule has 1 heterocycles. The summed E-state index contributed by atoms with van der Waals surface area (Å²) in [5, 5.41) is 18.0. The Balaban J connectivity index is 2.03. The van der Waals surface area contributed by atoms with Crippen LogP contribution in [0.2, 0.25) is 0 Å². The van der Waals surface area contributed by atoms with Crippen molar-refractivity contribution in [1.82, 2.24) is 9.80 Å². The van der Waals surface area contributed by atoms with E-state index in [2.05, 4.69) is 6.07 Å². The van der Waals surface area contributed by atoms with Crippen LogP contribution in [0, 0.1) is 16.7 Å². The van der Waals surface area contributed by atoms with E-state index in [4.69, 9.17) is 5.26 Å². The number of carboxylic acids is 1. The molecule has 6 heteroatoms. The highest BCUT2D eigenvalue weighted by molar-refractivity contribution is 5.79. The summed E-state index contributed by atoms with van der Waals surface area (Å²) < 4.78 is 0. The third-order valence-electron chi connectivity index (χ3n) is 4.18. The number of hydrogen-bond acceptors (Lipinski definition) is 3. The van der Waals surface area contributed by atoms with Crippen molar-refractivity contribution >= 4 is 12.0 Å². The highest BCUT2D eigenvalue weighted by Gasteiger charge is 2.42. The van der Waals surface area contributed by atoms with Gasteiger partial charge in [0.2, 0.25) is 0 Å². The molecule has 110 valence electrons. The van der Waals surface area contributed by atoms with E-state index in [1.54, 1.807) is 16.7 Å². The first kappa shape index (κ1) is 14.6. The Hall–Kier alpha value is -1.77. The normalized spacial score (nSPS) is 25.9. The van der Waals surface area contributed by atoms with Crippen molar-refractivity contribution in [3.8, 4) is 6.07 Å². The van der Waals surface area contributed by atoms with Crippen molar-refractivity contribution in [3.63, 3.8) is 0 Å². The summed E-state index contributed by atoms with van der Waals surface area (Å²) in [7, 11) is 0. The van der Waals surface area contributed by atoms with Gasteiger partial charge in [0.1, 0.15) is 0 Å². The van der Waals surface area contributed by atoms with E-state index in [-0.39, 0.29) is 18.6 Å².